The lowest BCUT2D eigenvalue weighted by Crippen LogP contribution is -2.26. The molecule has 1 fully saturated rings. The van der Waals surface area contributed by atoms with Crippen molar-refractivity contribution in [3.05, 3.63) is 29.8 Å². The number of methoxy groups -OCH3 is 1. The van der Waals surface area contributed by atoms with Gasteiger partial charge in [0.2, 0.25) is 0 Å². The number of hydrogen-bond acceptors (Lipinski definition) is 3. The number of benzene rings is 1. The van der Waals surface area contributed by atoms with Gasteiger partial charge in [-0.15, -0.1) is 0 Å². The maximum Gasteiger partial charge on any atom is 0.123 e. The standard InChI is InChI=1S/C14H21NOS/c1-11(15-9-12-7-8-17-10-12)13-5-3-4-6-14(13)16-2/h3-6,11-12,15H,7-10H2,1-2H3. The zero-order valence-corrected chi connectivity index (χ0v) is 11.4. The number of hydrogen-bond donors (Lipinski definition) is 1. The molecule has 0 aromatic heterocycles. The molecule has 2 nitrogen and oxygen atoms in total. The Labute approximate surface area is 108 Å². The minimum Gasteiger partial charge on any atom is -0.496 e. The van der Waals surface area contributed by atoms with Gasteiger partial charge >= 0.3 is 0 Å². The molecule has 0 saturated carbocycles. The summed E-state index contributed by atoms with van der Waals surface area (Å²) in [7, 11) is 1.74. The van der Waals surface area contributed by atoms with Gasteiger partial charge in [0.25, 0.3) is 0 Å². The molecule has 0 radical (unpaired) electrons. The molecule has 1 N–H and O–H groups in total. The Balaban J connectivity index is 1.91. The smallest absolute Gasteiger partial charge is 0.123 e. The lowest BCUT2D eigenvalue weighted by atomic mass is 10.1. The summed E-state index contributed by atoms with van der Waals surface area (Å²) in [5.74, 6) is 4.46. The fraction of sp³-hybridized carbons (Fsp3) is 0.571. The first-order valence-corrected chi connectivity index (χ1v) is 7.40. The molecule has 1 saturated heterocycles. The monoisotopic (exact) mass is 251 g/mol. The van der Waals surface area contributed by atoms with E-state index in [0.717, 1.165) is 18.2 Å². The Morgan fingerprint density at radius 3 is 3.00 bits per heavy atom. The highest BCUT2D eigenvalue weighted by atomic mass is 32.2. The molecular formula is C14H21NOS. The average Bonchev–Trinajstić information content (AvgIpc) is 2.89. The largest absolute Gasteiger partial charge is 0.496 e. The van der Waals surface area contributed by atoms with E-state index in [-0.39, 0.29) is 0 Å². The number of thioether (sulfide) groups is 1. The van der Waals surface area contributed by atoms with Crippen LogP contribution >= 0.6 is 11.8 Å². The van der Waals surface area contributed by atoms with Gasteiger partial charge in [0.15, 0.2) is 0 Å². The molecular weight excluding hydrogens is 230 g/mol. The van der Waals surface area contributed by atoms with Gasteiger partial charge in [-0.1, -0.05) is 18.2 Å². The van der Waals surface area contributed by atoms with Gasteiger partial charge in [0.05, 0.1) is 7.11 Å². The highest BCUT2D eigenvalue weighted by Gasteiger charge is 2.17. The molecule has 94 valence electrons. The lowest BCUT2D eigenvalue weighted by Gasteiger charge is -2.19. The Hall–Kier alpha value is -0.670. The maximum atomic E-state index is 5.39. The van der Waals surface area contributed by atoms with Gasteiger partial charge in [-0.05, 0) is 43.4 Å². The third kappa shape index (κ3) is 3.39. The molecule has 2 atom stereocenters. The molecule has 2 rings (SSSR count). The third-order valence-electron chi connectivity index (χ3n) is 3.34. The summed E-state index contributed by atoms with van der Waals surface area (Å²) in [6, 6.07) is 8.61. The molecule has 1 heterocycles. The summed E-state index contributed by atoms with van der Waals surface area (Å²) < 4.78 is 5.39. The minimum absolute atomic E-state index is 0.358. The van der Waals surface area contributed by atoms with Crippen molar-refractivity contribution in [3.8, 4) is 5.75 Å². The highest BCUT2D eigenvalue weighted by molar-refractivity contribution is 7.99. The van der Waals surface area contributed by atoms with Crippen molar-refractivity contribution in [3.63, 3.8) is 0 Å². The SMILES string of the molecule is COc1ccccc1C(C)NCC1CCSC1. The zero-order valence-electron chi connectivity index (χ0n) is 10.6. The lowest BCUT2D eigenvalue weighted by molar-refractivity contribution is 0.397. The van der Waals surface area contributed by atoms with E-state index in [1.165, 1.54) is 23.5 Å². The maximum absolute atomic E-state index is 5.39. The predicted octanol–water partition coefficient (Wildman–Crippen LogP) is 3.10. The molecule has 1 aliphatic rings. The second kappa shape index (κ2) is 6.31. The Morgan fingerprint density at radius 1 is 1.47 bits per heavy atom. The second-order valence-corrected chi connectivity index (χ2v) is 5.75. The van der Waals surface area contributed by atoms with Crippen molar-refractivity contribution in [2.75, 3.05) is 25.2 Å². The molecule has 1 aromatic carbocycles. The first-order valence-electron chi connectivity index (χ1n) is 6.25. The topological polar surface area (TPSA) is 21.3 Å². The fourth-order valence-electron chi connectivity index (χ4n) is 2.22. The average molecular weight is 251 g/mol. The van der Waals surface area contributed by atoms with Crippen LogP contribution in [0.15, 0.2) is 24.3 Å². The molecule has 1 aromatic rings. The predicted molar refractivity (Wildman–Crippen MR) is 74.8 cm³/mol. The van der Waals surface area contributed by atoms with E-state index in [9.17, 15) is 0 Å². The summed E-state index contributed by atoms with van der Waals surface area (Å²) in [6.45, 7) is 3.33. The van der Waals surface area contributed by atoms with Gasteiger partial charge in [-0.3, -0.25) is 0 Å². The van der Waals surface area contributed by atoms with Gasteiger partial charge in [-0.2, -0.15) is 11.8 Å². The van der Waals surface area contributed by atoms with Crippen LogP contribution in [-0.2, 0) is 0 Å². The van der Waals surface area contributed by atoms with Crippen LogP contribution < -0.4 is 10.1 Å². The van der Waals surface area contributed by atoms with Crippen LogP contribution in [0.5, 0.6) is 5.75 Å². The first-order chi connectivity index (χ1) is 8.31. The molecule has 3 heteroatoms. The zero-order chi connectivity index (χ0) is 12.1. The molecule has 0 spiro atoms. The number of nitrogens with one attached hydrogen (secondary N) is 1. The van der Waals surface area contributed by atoms with Crippen molar-refractivity contribution in [1.82, 2.24) is 5.32 Å². The molecule has 0 amide bonds. The summed E-state index contributed by atoms with van der Waals surface area (Å²) in [4.78, 5) is 0. The van der Waals surface area contributed by atoms with E-state index in [2.05, 4.69) is 36.1 Å². The van der Waals surface area contributed by atoms with E-state index >= 15 is 0 Å². The van der Waals surface area contributed by atoms with Crippen LogP contribution in [0, 0.1) is 5.92 Å². The quantitative estimate of drug-likeness (QED) is 0.869. The van der Waals surface area contributed by atoms with Gasteiger partial charge in [-0.25, -0.2) is 0 Å². The number of ether oxygens (including phenoxy) is 1. The van der Waals surface area contributed by atoms with Gasteiger partial charge < -0.3 is 10.1 Å². The van der Waals surface area contributed by atoms with Crippen LogP contribution in [0.2, 0.25) is 0 Å². The fourth-order valence-corrected chi connectivity index (χ4v) is 3.51. The summed E-state index contributed by atoms with van der Waals surface area (Å²) in [6.07, 6.45) is 1.36. The first kappa shape index (κ1) is 12.8. The van der Waals surface area contributed by atoms with Crippen LogP contribution in [-0.4, -0.2) is 25.2 Å². The minimum atomic E-state index is 0.358. The number of rotatable bonds is 5. The highest BCUT2D eigenvalue weighted by Crippen LogP contribution is 2.26. The van der Waals surface area contributed by atoms with E-state index in [1.807, 2.05) is 12.1 Å². The van der Waals surface area contributed by atoms with Crippen molar-refractivity contribution >= 4 is 11.8 Å². The number of para-hydroxylation sites is 1. The van der Waals surface area contributed by atoms with Crippen LogP contribution in [0.1, 0.15) is 24.9 Å². The normalized spacial score (nSPS) is 21.4. The van der Waals surface area contributed by atoms with Gasteiger partial charge in [0.1, 0.15) is 5.75 Å². The molecule has 0 bridgehead atoms. The van der Waals surface area contributed by atoms with E-state index in [1.54, 1.807) is 7.11 Å². The van der Waals surface area contributed by atoms with E-state index in [0.29, 0.717) is 6.04 Å². The second-order valence-electron chi connectivity index (χ2n) is 4.60. The van der Waals surface area contributed by atoms with Crippen LogP contribution in [0.25, 0.3) is 0 Å². The van der Waals surface area contributed by atoms with Crippen molar-refractivity contribution in [2.24, 2.45) is 5.92 Å². The Kier molecular flexibility index (Phi) is 4.75. The summed E-state index contributed by atoms with van der Waals surface area (Å²) in [5, 5.41) is 3.62. The van der Waals surface area contributed by atoms with Crippen molar-refractivity contribution in [2.45, 2.75) is 19.4 Å². The Bertz CT molecular complexity index is 350. The summed E-state index contributed by atoms with van der Waals surface area (Å²) in [5.41, 5.74) is 1.25. The van der Waals surface area contributed by atoms with Gasteiger partial charge in [0, 0.05) is 11.6 Å². The molecule has 2 unspecified atom stereocenters. The Morgan fingerprint density at radius 2 is 2.29 bits per heavy atom. The molecule has 0 aliphatic carbocycles. The van der Waals surface area contributed by atoms with E-state index < -0.39 is 0 Å². The van der Waals surface area contributed by atoms with Crippen molar-refractivity contribution in [1.29, 1.82) is 0 Å². The third-order valence-corrected chi connectivity index (χ3v) is 4.57. The molecule has 1 aliphatic heterocycles. The summed E-state index contributed by atoms with van der Waals surface area (Å²) >= 11 is 2.07. The van der Waals surface area contributed by atoms with Crippen LogP contribution in [0.3, 0.4) is 0 Å². The van der Waals surface area contributed by atoms with E-state index in [4.69, 9.17) is 4.74 Å². The van der Waals surface area contributed by atoms with Crippen molar-refractivity contribution < 1.29 is 4.74 Å². The molecule has 17 heavy (non-hydrogen) atoms. The van der Waals surface area contributed by atoms with Crippen LogP contribution in [0.4, 0.5) is 0 Å².